The highest BCUT2D eigenvalue weighted by Crippen LogP contribution is 2.19. The summed E-state index contributed by atoms with van der Waals surface area (Å²) in [5.74, 6) is 0.106. The lowest BCUT2D eigenvalue weighted by Crippen LogP contribution is -2.29. The van der Waals surface area contributed by atoms with E-state index in [9.17, 15) is 4.79 Å². The third-order valence-corrected chi connectivity index (χ3v) is 2.96. The van der Waals surface area contributed by atoms with Crippen molar-refractivity contribution < 1.29 is 4.79 Å². The topological polar surface area (TPSA) is 49.6 Å². The van der Waals surface area contributed by atoms with E-state index in [0.29, 0.717) is 18.0 Å². The zero-order valence-corrected chi connectivity index (χ0v) is 11.8. The van der Waals surface area contributed by atoms with Crippen LogP contribution in [0.5, 0.6) is 0 Å². The number of thiocarbonyl (C=S) groups is 1. The van der Waals surface area contributed by atoms with E-state index >= 15 is 0 Å². The summed E-state index contributed by atoms with van der Waals surface area (Å²) in [6.45, 7) is 0.636. The molecule has 18 heavy (non-hydrogen) atoms. The Kier molecular flexibility index (Phi) is 5.09. The molecule has 0 bridgehead atoms. The first kappa shape index (κ1) is 14.4. The summed E-state index contributed by atoms with van der Waals surface area (Å²) in [6.07, 6.45) is 0.467. The second kappa shape index (κ2) is 6.35. The smallest absolute Gasteiger partial charge is 0.223 e. The molecule has 0 fully saturated rings. The molecule has 0 aliphatic rings. The van der Waals surface area contributed by atoms with E-state index < -0.39 is 0 Å². The first-order valence-electron chi connectivity index (χ1n) is 5.73. The molecule has 1 amide bonds. The van der Waals surface area contributed by atoms with Gasteiger partial charge in [-0.2, -0.15) is 0 Å². The Morgan fingerprint density at radius 3 is 2.44 bits per heavy atom. The highest BCUT2D eigenvalue weighted by molar-refractivity contribution is 7.80. The van der Waals surface area contributed by atoms with Gasteiger partial charge in [-0.05, 0) is 12.1 Å². The minimum Gasteiger partial charge on any atom is -0.389 e. The van der Waals surface area contributed by atoms with E-state index in [1.165, 1.54) is 0 Å². The zero-order chi connectivity index (χ0) is 13.7. The largest absolute Gasteiger partial charge is 0.389 e. The van der Waals surface area contributed by atoms with Crippen LogP contribution in [-0.2, 0) is 4.79 Å². The van der Waals surface area contributed by atoms with Crippen molar-refractivity contribution in [3.63, 3.8) is 0 Å². The van der Waals surface area contributed by atoms with Crippen LogP contribution in [-0.4, -0.2) is 43.5 Å². The molecule has 0 radical (unpaired) electrons. The maximum absolute atomic E-state index is 11.5. The van der Waals surface area contributed by atoms with Crippen LogP contribution in [0.2, 0.25) is 0 Å². The SMILES string of the molecule is CN(C)C(=O)CCN(C)c1ccccc1C(N)=S. The average Bonchev–Trinajstić information content (AvgIpc) is 2.35. The van der Waals surface area contributed by atoms with Crippen molar-refractivity contribution in [2.24, 2.45) is 5.73 Å². The van der Waals surface area contributed by atoms with Gasteiger partial charge in [0.25, 0.3) is 0 Å². The van der Waals surface area contributed by atoms with E-state index in [4.69, 9.17) is 18.0 Å². The van der Waals surface area contributed by atoms with Gasteiger partial charge in [-0.3, -0.25) is 4.79 Å². The van der Waals surface area contributed by atoms with Gasteiger partial charge in [-0.15, -0.1) is 0 Å². The number of hydrogen-bond acceptors (Lipinski definition) is 3. The fourth-order valence-electron chi connectivity index (χ4n) is 1.62. The number of carbonyl (C=O) groups excluding carboxylic acids is 1. The van der Waals surface area contributed by atoms with Crippen LogP contribution in [0, 0.1) is 0 Å². The van der Waals surface area contributed by atoms with Gasteiger partial charge < -0.3 is 15.5 Å². The van der Waals surface area contributed by atoms with Crippen LogP contribution in [0.25, 0.3) is 0 Å². The van der Waals surface area contributed by atoms with Crippen LogP contribution in [0.4, 0.5) is 5.69 Å². The van der Waals surface area contributed by atoms with Gasteiger partial charge in [-0.25, -0.2) is 0 Å². The normalized spacial score (nSPS) is 9.94. The second-order valence-corrected chi connectivity index (χ2v) is 4.78. The summed E-state index contributed by atoms with van der Waals surface area (Å²) in [6, 6.07) is 7.68. The quantitative estimate of drug-likeness (QED) is 0.814. The third-order valence-electron chi connectivity index (χ3n) is 2.74. The summed E-state index contributed by atoms with van der Waals surface area (Å²) in [5, 5.41) is 0. The molecule has 0 saturated carbocycles. The standard InChI is InChI=1S/C13H19N3OS/c1-15(2)12(17)8-9-16(3)11-7-5-4-6-10(11)13(14)18/h4-7H,8-9H2,1-3H3,(H2,14,18). The predicted octanol–water partition coefficient (Wildman–Crippen LogP) is 1.24. The third kappa shape index (κ3) is 3.70. The van der Waals surface area contributed by atoms with Crippen LogP contribution in [0.1, 0.15) is 12.0 Å². The molecular formula is C13H19N3OS. The number of anilines is 1. The Morgan fingerprint density at radius 2 is 1.89 bits per heavy atom. The Bertz CT molecular complexity index is 446. The Labute approximate surface area is 113 Å². The van der Waals surface area contributed by atoms with E-state index in [-0.39, 0.29) is 5.91 Å². The van der Waals surface area contributed by atoms with Gasteiger partial charge in [0.1, 0.15) is 4.99 Å². The molecule has 0 heterocycles. The first-order chi connectivity index (χ1) is 8.43. The summed E-state index contributed by atoms with van der Waals surface area (Å²) in [7, 11) is 5.44. The zero-order valence-electron chi connectivity index (χ0n) is 11.0. The minimum absolute atomic E-state index is 0.106. The van der Waals surface area contributed by atoms with E-state index in [2.05, 4.69) is 0 Å². The van der Waals surface area contributed by atoms with Gasteiger partial charge in [0, 0.05) is 45.4 Å². The van der Waals surface area contributed by atoms with E-state index in [0.717, 1.165) is 11.3 Å². The Hall–Kier alpha value is -1.62. The number of amides is 1. The number of benzene rings is 1. The number of carbonyl (C=O) groups is 1. The molecule has 0 aliphatic heterocycles. The number of hydrogen-bond donors (Lipinski definition) is 1. The fraction of sp³-hybridized carbons (Fsp3) is 0.385. The molecule has 2 N–H and O–H groups in total. The molecule has 98 valence electrons. The maximum Gasteiger partial charge on any atom is 0.223 e. The lowest BCUT2D eigenvalue weighted by atomic mass is 10.1. The van der Waals surface area contributed by atoms with Gasteiger partial charge >= 0.3 is 0 Å². The highest BCUT2D eigenvalue weighted by atomic mass is 32.1. The summed E-state index contributed by atoms with van der Waals surface area (Å²) >= 11 is 5.02. The molecule has 1 rings (SSSR count). The molecule has 0 atom stereocenters. The number of nitrogens with zero attached hydrogens (tertiary/aromatic N) is 2. The van der Waals surface area contributed by atoms with Crippen molar-refractivity contribution in [3.05, 3.63) is 29.8 Å². The molecule has 1 aromatic rings. The van der Waals surface area contributed by atoms with Crippen LogP contribution < -0.4 is 10.6 Å². The van der Waals surface area contributed by atoms with Crippen molar-refractivity contribution in [3.8, 4) is 0 Å². The summed E-state index contributed by atoms with van der Waals surface area (Å²) < 4.78 is 0. The van der Waals surface area contributed by atoms with Crippen molar-refractivity contribution in [2.45, 2.75) is 6.42 Å². The van der Waals surface area contributed by atoms with Gasteiger partial charge in [0.15, 0.2) is 0 Å². The molecular weight excluding hydrogens is 246 g/mol. The minimum atomic E-state index is 0.106. The van der Waals surface area contributed by atoms with Crippen molar-refractivity contribution >= 4 is 28.8 Å². The van der Waals surface area contributed by atoms with E-state index in [1.54, 1.807) is 19.0 Å². The fourth-order valence-corrected chi connectivity index (χ4v) is 1.79. The molecule has 4 nitrogen and oxygen atoms in total. The highest BCUT2D eigenvalue weighted by Gasteiger charge is 2.11. The summed E-state index contributed by atoms with van der Waals surface area (Å²) in [5.41, 5.74) is 7.48. The van der Waals surface area contributed by atoms with Crippen LogP contribution >= 0.6 is 12.2 Å². The van der Waals surface area contributed by atoms with Crippen molar-refractivity contribution in [1.82, 2.24) is 4.90 Å². The lowest BCUT2D eigenvalue weighted by molar-refractivity contribution is -0.128. The van der Waals surface area contributed by atoms with Crippen molar-refractivity contribution in [2.75, 3.05) is 32.6 Å². The predicted molar refractivity (Wildman–Crippen MR) is 78.9 cm³/mol. The molecule has 1 aromatic carbocycles. The van der Waals surface area contributed by atoms with Gasteiger partial charge in [0.2, 0.25) is 5.91 Å². The van der Waals surface area contributed by atoms with Gasteiger partial charge in [-0.1, -0.05) is 24.4 Å². The van der Waals surface area contributed by atoms with E-state index in [1.807, 2.05) is 36.2 Å². The van der Waals surface area contributed by atoms with Crippen LogP contribution in [0.3, 0.4) is 0 Å². The number of nitrogens with two attached hydrogens (primary N) is 1. The number of para-hydroxylation sites is 1. The molecule has 0 spiro atoms. The first-order valence-corrected chi connectivity index (χ1v) is 6.14. The molecule has 0 aliphatic carbocycles. The average molecular weight is 265 g/mol. The Balaban J connectivity index is 2.75. The second-order valence-electron chi connectivity index (χ2n) is 4.34. The molecule has 0 saturated heterocycles. The van der Waals surface area contributed by atoms with Crippen LogP contribution in [0.15, 0.2) is 24.3 Å². The monoisotopic (exact) mass is 265 g/mol. The van der Waals surface area contributed by atoms with Gasteiger partial charge in [0.05, 0.1) is 0 Å². The van der Waals surface area contributed by atoms with Crippen molar-refractivity contribution in [1.29, 1.82) is 0 Å². The maximum atomic E-state index is 11.5. The molecule has 0 aromatic heterocycles. The lowest BCUT2D eigenvalue weighted by Gasteiger charge is -2.22. The molecule has 0 unspecified atom stereocenters. The Morgan fingerprint density at radius 1 is 1.28 bits per heavy atom. The summed E-state index contributed by atoms with van der Waals surface area (Å²) in [4.78, 5) is 15.5. The molecule has 5 heteroatoms. The number of rotatable bonds is 5.